The second kappa shape index (κ2) is 4.95. The predicted octanol–water partition coefficient (Wildman–Crippen LogP) is 0.340. The van der Waals surface area contributed by atoms with E-state index in [0.717, 1.165) is 0 Å². The van der Waals surface area contributed by atoms with Crippen molar-refractivity contribution in [2.75, 3.05) is 6.54 Å². The molecule has 0 saturated carbocycles. The van der Waals surface area contributed by atoms with Crippen molar-refractivity contribution < 1.29 is 9.53 Å². The number of hydrogen-bond donors (Lipinski definition) is 2. The monoisotopic (exact) mass is 214 g/mol. The van der Waals surface area contributed by atoms with E-state index in [1.165, 1.54) is 0 Å². The van der Waals surface area contributed by atoms with Gasteiger partial charge < -0.3 is 15.4 Å². The first-order chi connectivity index (χ1) is 6.63. The summed E-state index contributed by atoms with van der Waals surface area (Å²) in [7, 11) is 0. The molecular weight excluding hydrogens is 200 g/mol. The van der Waals surface area contributed by atoms with Crippen molar-refractivity contribution in [3.63, 3.8) is 0 Å². The lowest BCUT2D eigenvalue weighted by atomic mass is 10.2. The molecule has 1 fully saturated rings. The number of carbonyl (C=O) groups excluding carboxylic acids is 1. The molecule has 0 aliphatic carbocycles. The van der Waals surface area contributed by atoms with Gasteiger partial charge in [0.25, 0.3) is 0 Å². The zero-order valence-corrected chi connectivity index (χ0v) is 8.89. The second-order valence-electron chi connectivity index (χ2n) is 3.18. The summed E-state index contributed by atoms with van der Waals surface area (Å²) in [5, 5.41) is 6.24. The van der Waals surface area contributed by atoms with E-state index in [1.54, 1.807) is 6.08 Å². The van der Waals surface area contributed by atoms with Crippen LogP contribution in [0.25, 0.3) is 0 Å². The number of cyclic esters (lactones) is 1. The Bertz CT molecular complexity index is 255. The Morgan fingerprint density at radius 3 is 3.07 bits per heavy atom. The zero-order chi connectivity index (χ0) is 10.6. The topological polar surface area (TPSA) is 50.4 Å². The molecule has 1 aliphatic rings. The molecule has 2 N–H and O–H groups in total. The minimum Gasteiger partial charge on any atom is -0.461 e. The highest BCUT2D eigenvalue weighted by Gasteiger charge is 2.31. The van der Waals surface area contributed by atoms with E-state index in [9.17, 15) is 4.79 Å². The third kappa shape index (κ3) is 2.99. The average molecular weight is 214 g/mol. The second-order valence-corrected chi connectivity index (χ2v) is 3.59. The first kappa shape index (κ1) is 11.0. The molecule has 1 aliphatic heterocycles. The molecule has 0 unspecified atom stereocenters. The van der Waals surface area contributed by atoms with Gasteiger partial charge in [0, 0.05) is 13.0 Å². The first-order valence-electron chi connectivity index (χ1n) is 4.49. The summed E-state index contributed by atoms with van der Waals surface area (Å²) in [6, 6.07) is -0.310. The highest BCUT2D eigenvalue weighted by atomic mass is 32.1. The van der Waals surface area contributed by atoms with Crippen LogP contribution in [-0.2, 0) is 9.53 Å². The molecule has 1 heterocycles. The number of carbonyl (C=O) groups is 1. The molecule has 0 bridgehead atoms. The largest absolute Gasteiger partial charge is 0.461 e. The highest BCUT2D eigenvalue weighted by Crippen LogP contribution is 2.13. The van der Waals surface area contributed by atoms with Crippen LogP contribution in [0.5, 0.6) is 0 Å². The lowest BCUT2D eigenvalue weighted by Crippen LogP contribution is -2.44. The fraction of sp³-hybridized carbons (Fsp3) is 0.556. The number of ether oxygens (including phenoxy) is 1. The first-order valence-corrected chi connectivity index (χ1v) is 4.90. The van der Waals surface area contributed by atoms with Crippen LogP contribution in [0.4, 0.5) is 0 Å². The maximum Gasteiger partial charge on any atom is 0.329 e. The van der Waals surface area contributed by atoms with Crippen LogP contribution in [0, 0.1) is 0 Å². The van der Waals surface area contributed by atoms with E-state index in [4.69, 9.17) is 17.0 Å². The number of thiocarbonyl (C=S) groups is 1. The van der Waals surface area contributed by atoms with Crippen molar-refractivity contribution in [1.29, 1.82) is 0 Å². The molecule has 78 valence electrons. The van der Waals surface area contributed by atoms with Crippen LogP contribution in [0.3, 0.4) is 0 Å². The minimum atomic E-state index is -0.310. The summed E-state index contributed by atoms with van der Waals surface area (Å²) in [4.78, 5) is 11.2. The van der Waals surface area contributed by atoms with Gasteiger partial charge in [0.2, 0.25) is 0 Å². The van der Waals surface area contributed by atoms with Gasteiger partial charge in [-0.25, -0.2) is 4.79 Å². The molecule has 0 aromatic heterocycles. The molecule has 2 atom stereocenters. The third-order valence-electron chi connectivity index (χ3n) is 1.88. The summed E-state index contributed by atoms with van der Waals surface area (Å²) in [5.41, 5.74) is 0. The lowest BCUT2D eigenvalue weighted by Gasteiger charge is -2.11. The number of hydrogen-bond acceptors (Lipinski definition) is 3. The molecule has 4 nitrogen and oxygen atoms in total. The van der Waals surface area contributed by atoms with Crippen molar-refractivity contribution in [1.82, 2.24) is 10.6 Å². The number of rotatable bonds is 3. The maximum atomic E-state index is 11.2. The predicted molar refractivity (Wildman–Crippen MR) is 57.9 cm³/mol. The Balaban J connectivity index is 2.33. The average Bonchev–Trinajstić information content (AvgIpc) is 2.42. The summed E-state index contributed by atoms with van der Waals surface area (Å²) in [6.07, 6.45) is 2.33. The molecular formula is C9H14N2O2S. The van der Waals surface area contributed by atoms with E-state index in [0.29, 0.717) is 18.1 Å². The summed E-state index contributed by atoms with van der Waals surface area (Å²) >= 11 is 4.97. The minimum absolute atomic E-state index is 0.0257. The Morgan fingerprint density at radius 1 is 1.86 bits per heavy atom. The summed E-state index contributed by atoms with van der Waals surface area (Å²) in [5.74, 6) is -0.236. The SMILES string of the molecule is C=CCNC(=S)N[C@H]1C[C@H](C)OC1=O. The van der Waals surface area contributed by atoms with Crippen molar-refractivity contribution >= 4 is 23.3 Å². The fourth-order valence-electron chi connectivity index (χ4n) is 1.25. The zero-order valence-electron chi connectivity index (χ0n) is 8.08. The Hall–Kier alpha value is -1.10. The van der Waals surface area contributed by atoms with Crippen molar-refractivity contribution in [2.24, 2.45) is 0 Å². The van der Waals surface area contributed by atoms with Gasteiger partial charge >= 0.3 is 5.97 Å². The van der Waals surface area contributed by atoms with Gasteiger partial charge in [-0.15, -0.1) is 6.58 Å². The van der Waals surface area contributed by atoms with Gasteiger partial charge in [0.15, 0.2) is 5.11 Å². The summed E-state index contributed by atoms with van der Waals surface area (Å²) in [6.45, 7) is 6.00. The quantitative estimate of drug-likeness (QED) is 0.403. The Morgan fingerprint density at radius 2 is 2.57 bits per heavy atom. The van der Waals surface area contributed by atoms with E-state index in [2.05, 4.69) is 17.2 Å². The van der Waals surface area contributed by atoms with E-state index < -0.39 is 0 Å². The molecule has 1 rings (SSSR count). The van der Waals surface area contributed by atoms with Gasteiger partial charge in [-0.2, -0.15) is 0 Å². The molecule has 5 heteroatoms. The maximum absolute atomic E-state index is 11.2. The Labute approximate surface area is 88.7 Å². The van der Waals surface area contributed by atoms with E-state index in [1.807, 2.05) is 6.92 Å². The molecule has 0 amide bonds. The van der Waals surface area contributed by atoms with Crippen LogP contribution in [-0.4, -0.2) is 29.8 Å². The number of esters is 1. The lowest BCUT2D eigenvalue weighted by molar-refractivity contribution is -0.142. The van der Waals surface area contributed by atoms with Crippen molar-refractivity contribution in [3.8, 4) is 0 Å². The molecule has 0 radical (unpaired) electrons. The third-order valence-corrected chi connectivity index (χ3v) is 2.14. The van der Waals surface area contributed by atoms with Crippen LogP contribution >= 0.6 is 12.2 Å². The van der Waals surface area contributed by atoms with Crippen LogP contribution in [0.15, 0.2) is 12.7 Å². The van der Waals surface area contributed by atoms with Gasteiger partial charge in [0.05, 0.1) is 0 Å². The van der Waals surface area contributed by atoms with Crippen LogP contribution < -0.4 is 10.6 Å². The molecule has 1 saturated heterocycles. The fourth-order valence-corrected chi connectivity index (χ4v) is 1.47. The van der Waals surface area contributed by atoms with Gasteiger partial charge in [-0.05, 0) is 19.1 Å². The van der Waals surface area contributed by atoms with Gasteiger partial charge in [0.1, 0.15) is 12.1 Å². The molecule has 14 heavy (non-hydrogen) atoms. The van der Waals surface area contributed by atoms with Gasteiger partial charge in [-0.1, -0.05) is 6.08 Å². The Kier molecular flexibility index (Phi) is 3.88. The highest BCUT2D eigenvalue weighted by molar-refractivity contribution is 7.80. The van der Waals surface area contributed by atoms with Crippen LogP contribution in [0.2, 0.25) is 0 Å². The standard InChI is InChI=1S/C9H14N2O2S/c1-3-4-10-9(14)11-7-5-6(2)13-8(7)12/h3,6-7H,1,4-5H2,2H3,(H2,10,11,14)/t6-,7-/m0/s1. The van der Waals surface area contributed by atoms with E-state index >= 15 is 0 Å². The van der Waals surface area contributed by atoms with E-state index in [-0.39, 0.29) is 18.1 Å². The van der Waals surface area contributed by atoms with Crippen molar-refractivity contribution in [3.05, 3.63) is 12.7 Å². The normalized spacial score (nSPS) is 25.4. The molecule has 0 aromatic rings. The number of nitrogens with one attached hydrogen (secondary N) is 2. The van der Waals surface area contributed by atoms with Gasteiger partial charge in [-0.3, -0.25) is 0 Å². The van der Waals surface area contributed by atoms with Crippen LogP contribution in [0.1, 0.15) is 13.3 Å². The summed E-state index contributed by atoms with van der Waals surface area (Å²) < 4.78 is 4.97. The van der Waals surface area contributed by atoms with Crippen molar-refractivity contribution in [2.45, 2.75) is 25.5 Å². The molecule has 0 spiro atoms. The smallest absolute Gasteiger partial charge is 0.329 e. The molecule has 0 aromatic carbocycles.